The van der Waals surface area contributed by atoms with Crippen molar-refractivity contribution in [1.82, 2.24) is 15.1 Å². The van der Waals surface area contributed by atoms with Crippen LogP contribution in [0.5, 0.6) is 0 Å². The third-order valence-electron chi connectivity index (χ3n) is 8.43. The Morgan fingerprint density at radius 2 is 1.71 bits per heavy atom. The maximum atomic E-state index is 15.0. The molecule has 2 aromatic rings. The molecular weight excluding hydrogens is 429 g/mol. The molecular formula is C28H32FN3O2. The zero-order valence-electron chi connectivity index (χ0n) is 19.6. The lowest BCUT2D eigenvalue weighted by Crippen LogP contribution is -2.47. The lowest BCUT2D eigenvalue weighted by molar-refractivity contribution is 0.0646. The minimum Gasteiger partial charge on any atom is -0.349 e. The fourth-order valence-electron chi connectivity index (χ4n) is 5.84. The summed E-state index contributed by atoms with van der Waals surface area (Å²) in [5.74, 6) is -0.516. The van der Waals surface area contributed by atoms with Gasteiger partial charge in [0.25, 0.3) is 11.8 Å². The highest BCUT2D eigenvalue weighted by Crippen LogP contribution is 2.33. The Labute approximate surface area is 200 Å². The molecule has 6 heteroatoms. The van der Waals surface area contributed by atoms with Gasteiger partial charge in [-0.3, -0.25) is 14.5 Å². The number of halogens is 1. The van der Waals surface area contributed by atoms with Crippen molar-refractivity contribution in [3.63, 3.8) is 0 Å². The summed E-state index contributed by atoms with van der Waals surface area (Å²) in [5.41, 5.74) is 3.29. The van der Waals surface area contributed by atoms with Crippen LogP contribution >= 0.6 is 0 Å². The molecule has 2 heterocycles. The van der Waals surface area contributed by atoms with E-state index >= 15 is 0 Å². The van der Waals surface area contributed by atoms with Gasteiger partial charge in [0.2, 0.25) is 0 Å². The molecule has 0 unspecified atom stereocenters. The maximum absolute atomic E-state index is 15.0. The van der Waals surface area contributed by atoms with Gasteiger partial charge in [0.05, 0.1) is 0 Å². The molecule has 1 N–H and O–H groups in total. The van der Waals surface area contributed by atoms with Crippen molar-refractivity contribution in [2.75, 3.05) is 19.6 Å². The molecule has 34 heavy (non-hydrogen) atoms. The van der Waals surface area contributed by atoms with Crippen LogP contribution < -0.4 is 5.32 Å². The first-order chi connectivity index (χ1) is 16.6. The summed E-state index contributed by atoms with van der Waals surface area (Å²) in [6.07, 6.45) is 8.91. The summed E-state index contributed by atoms with van der Waals surface area (Å²) in [6, 6.07) is 11.6. The number of nitrogens with zero attached hydrogens (tertiary/aromatic N) is 2. The Bertz CT molecular complexity index is 1120. The second kappa shape index (κ2) is 8.81. The van der Waals surface area contributed by atoms with Crippen LogP contribution in [0.3, 0.4) is 0 Å². The van der Waals surface area contributed by atoms with Crippen LogP contribution in [0.4, 0.5) is 4.39 Å². The lowest BCUT2D eigenvalue weighted by Gasteiger charge is -2.37. The summed E-state index contributed by atoms with van der Waals surface area (Å²) in [6.45, 7) is 2.82. The van der Waals surface area contributed by atoms with Crippen molar-refractivity contribution in [2.45, 2.75) is 69.5 Å². The molecule has 2 aliphatic heterocycles. The fraction of sp³-hybridized carbons (Fsp3) is 0.500. The standard InChI is InChI=1S/C28H32FN3O2/c29-26-16-20(27(33)30-21-3-1-4-21)8-9-24(26)18-7-10-25-19(15-18)11-14-32(28(25)34)23-12-13-31(17-23)22-5-2-6-22/h7-10,15-16,21-23H,1-6,11-14,17H2,(H,30,33)/t23-/m1/s1. The van der Waals surface area contributed by atoms with Gasteiger partial charge in [-0.1, -0.05) is 24.6 Å². The number of nitrogens with one attached hydrogen (secondary N) is 1. The predicted octanol–water partition coefficient (Wildman–Crippen LogP) is 4.40. The van der Waals surface area contributed by atoms with Gasteiger partial charge in [-0.05, 0) is 74.3 Å². The molecule has 6 rings (SSSR count). The van der Waals surface area contributed by atoms with Crippen molar-refractivity contribution in [3.05, 3.63) is 58.9 Å². The molecule has 5 nitrogen and oxygen atoms in total. The largest absolute Gasteiger partial charge is 0.349 e. The lowest BCUT2D eigenvalue weighted by atomic mass is 9.91. The molecule has 4 aliphatic rings. The van der Waals surface area contributed by atoms with E-state index in [1.807, 2.05) is 18.2 Å². The van der Waals surface area contributed by atoms with Gasteiger partial charge in [0.15, 0.2) is 0 Å². The Balaban J connectivity index is 1.17. The number of hydrogen-bond acceptors (Lipinski definition) is 3. The van der Waals surface area contributed by atoms with Gasteiger partial charge in [-0.15, -0.1) is 0 Å². The first-order valence-electron chi connectivity index (χ1n) is 12.9. The molecule has 0 radical (unpaired) electrons. The van der Waals surface area contributed by atoms with Crippen LogP contribution in [-0.2, 0) is 6.42 Å². The van der Waals surface area contributed by atoms with E-state index in [2.05, 4.69) is 15.1 Å². The molecule has 1 atom stereocenters. The number of benzene rings is 2. The quantitative estimate of drug-likeness (QED) is 0.718. The highest BCUT2D eigenvalue weighted by Gasteiger charge is 2.37. The van der Waals surface area contributed by atoms with Gasteiger partial charge < -0.3 is 10.2 Å². The maximum Gasteiger partial charge on any atom is 0.254 e. The molecule has 0 aromatic heterocycles. The Morgan fingerprint density at radius 3 is 2.41 bits per heavy atom. The number of likely N-dealkylation sites (tertiary alicyclic amines) is 1. The van der Waals surface area contributed by atoms with Gasteiger partial charge >= 0.3 is 0 Å². The van der Waals surface area contributed by atoms with Gasteiger partial charge in [0.1, 0.15) is 5.82 Å². The van der Waals surface area contributed by atoms with Crippen molar-refractivity contribution in [2.24, 2.45) is 0 Å². The summed E-state index contributed by atoms with van der Waals surface area (Å²) < 4.78 is 15.0. The highest BCUT2D eigenvalue weighted by atomic mass is 19.1. The van der Waals surface area contributed by atoms with E-state index in [9.17, 15) is 14.0 Å². The van der Waals surface area contributed by atoms with Gasteiger partial charge in [-0.25, -0.2) is 4.39 Å². The second-order valence-electron chi connectivity index (χ2n) is 10.4. The number of fused-ring (bicyclic) bond motifs is 1. The van der Waals surface area contributed by atoms with Crippen LogP contribution in [-0.4, -0.2) is 59.4 Å². The number of carbonyl (C=O) groups is 2. The Hall–Kier alpha value is -2.73. The SMILES string of the molecule is O=C(NC1CCC1)c1ccc(-c2ccc3c(c2)CCN([C@@H]2CCN(C4CCC4)C2)C3=O)c(F)c1. The minimum atomic E-state index is -0.410. The highest BCUT2D eigenvalue weighted by molar-refractivity contribution is 5.98. The van der Waals surface area contributed by atoms with Crippen LogP contribution in [0.2, 0.25) is 0 Å². The summed E-state index contributed by atoms with van der Waals surface area (Å²) >= 11 is 0. The minimum absolute atomic E-state index is 0.108. The number of amides is 2. The van der Waals surface area contributed by atoms with Gasteiger partial charge in [-0.2, -0.15) is 0 Å². The topological polar surface area (TPSA) is 52.7 Å². The van der Waals surface area contributed by atoms with E-state index in [1.54, 1.807) is 12.1 Å². The van der Waals surface area contributed by atoms with Crippen LogP contribution in [0.25, 0.3) is 11.1 Å². The van der Waals surface area contributed by atoms with E-state index < -0.39 is 5.82 Å². The molecule has 1 saturated heterocycles. The molecule has 0 spiro atoms. The Morgan fingerprint density at radius 1 is 0.912 bits per heavy atom. The summed E-state index contributed by atoms with van der Waals surface area (Å²) in [5, 5.41) is 2.96. The zero-order valence-corrected chi connectivity index (χ0v) is 19.6. The van der Waals surface area contributed by atoms with E-state index in [0.717, 1.165) is 74.5 Å². The summed E-state index contributed by atoms with van der Waals surface area (Å²) in [7, 11) is 0. The van der Waals surface area contributed by atoms with Crippen LogP contribution in [0, 0.1) is 5.82 Å². The average Bonchev–Trinajstić information content (AvgIpc) is 3.24. The molecule has 2 aromatic carbocycles. The molecule has 3 fully saturated rings. The average molecular weight is 462 g/mol. The van der Waals surface area contributed by atoms with E-state index in [1.165, 1.54) is 25.3 Å². The zero-order chi connectivity index (χ0) is 23.2. The van der Waals surface area contributed by atoms with Crippen molar-refractivity contribution in [3.8, 4) is 11.1 Å². The molecule has 2 aliphatic carbocycles. The van der Waals surface area contributed by atoms with E-state index in [4.69, 9.17) is 0 Å². The third-order valence-corrected chi connectivity index (χ3v) is 8.43. The predicted molar refractivity (Wildman–Crippen MR) is 129 cm³/mol. The van der Waals surface area contributed by atoms with Crippen molar-refractivity contribution < 1.29 is 14.0 Å². The molecule has 0 bridgehead atoms. The van der Waals surface area contributed by atoms with Crippen molar-refractivity contribution >= 4 is 11.8 Å². The monoisotopic (exact) mass is 461 g/mol. The first kappa shape index (κ1) is 21.8. The smallest absolute Gasteiger partial charge is 0.254 e. The second-order valence-corrected chi connectivity index (χ2v) is 10.4. The molecule has 2 saturated carbocycles. The fourth-order valence-corrected chi connectivity index (χ4v) is 5.84. The van der Waals surface area contributed by atoms with Crippen molar-refractivity contribution in [1.29, 1.82) is 0 Å². The molecule has 2 amide bonds. The van der Waals surface area contributed by atoms with E-state index in [0.29, 0.717) is 17.2 Å². The molecule has 178 valence electrons. The summed E-state index contributed by atoms with van der Waals surface area (Å²) in [4.78, 5) is 30.3. The first-order valence-corrected chi connectivity index (χ1v) is 12.9. The number of hydrogen-bond donors (Lipinski definition) is 1. The normalized spacial score (nSPS) is 23.4. The third kappa shape index (κ3) is 3.92. The number of rotatable bonds is 5. The number of carbonyl (C=O) groups excluding carboxylic acids is 2. The van der Waals surface area contributed by atoms with Crippen LogP contribution in [0.15, 0.2) is 36.4 Å². The van der Waals surface area contributed by atoms with Crippen LogP contribution in [0.1, 0.15) is 71.2 Å². The van der Waals surface area contributed by atoms with Gasteiger partial charge in [0, 0.05) is 54.5 Å². The Kier molecular flexibility index (Phi) is 5.64. The van der Waals surface area contributed by atoms with E-state index in [-0.39, 0.29) is 17.9 Å².